The van der Waals surface area contributed by atoms with Crippen molar-refractivity contribution in [3.05, 3.63) is 60.7 Å². The Bertz CT molecular complexity index is 667. The highest BCUT2D eigenvalue weighted by Crippen LogP contribution is 2.33. The summed E-state index contributed by atoms with van der Waals surface area (Å²) in [6, 6.07) is 19.5. The first kappa shape index (κ1) is 13.4. The van der Waals surface area contributed by atoms with Crippen LogP contribution in [-0.2, 0) is 9.73 Å². The maximum atomic E-state index is 13.6. The van der Waals surface area contributed by atoms with E-state index in [0.717, 1.165) is 23.4 Å². The predicted molar refractivity (Wildman–Crippen MR) is 83.6 cm³/mol. The maximum absolute atomic E-state index is 13.6. The molecule has 2 nitrogen and oxygen atoms in total. The highest BCUT2D eigenvalue weighted by Gasteiger charge is 2.28. The molecule has 3 heteroatoms. The lowest BCUT2D eigenvalue weighted by atomic mass is 10.3. The summed E-state index contributed by atoms with van der Waals surface area (Å²) in [5.41, 5.74) is 0.813. The molecule has 104 valence electrons. The quantitative estimate of drug-likeness (QED) is 0.797. The largest absolute Gasteiger partial charge is 0.244 e. The van der Waals surface area contributed by atoms with Gasteiger partial charge in [-0.1, -0.05) is 49.2 Å². The molecule has 0 amide bonds. The topological polar surface area (TPSA) is 29.4 Å². The third-order valence-electron chi connectivity index (χ3n) is 3.83. The van der Waals surface area contributed by atoms with Gasteiger partial charge >= 0.3 is 0 Å². The Labute approximate surface area is 121 Å². The summed E-state index contributed by atoms with van der Waals surface area (Å²) in [4.78, 5) is 0.871. The maximum Gasteiger partial charge on any atom is 0.0829 e. The molecule has 1 unspecified atom stereocenters. The molecule has 1 atom stereocenters. The van der Waals surface area contributed by atoms with E-state index in [1.807, 2.05) is 60.7 Å². The van der Waals surface area contributed by atoms with Gasteiger partial charge < -0.3 is 0 Å². The summed E-state index contributed by atoms with van der Waals surface area (Å²) in [5, 5.41) is 0.185. The van der Waals surface area contributed by atoms with Crippen molar-refractivity contribution in [2.45, 2.75) is 35.8 Å². The van der Waals surface area contributed by atoms with E-state index >= 15 is 0 Å². The molecule has 0 aromatic heterocycles. The molecule has 0 aliphatic heterocycles. The number of benzene rings is 2. The molecule has 1 aliphatic carbocycles. The molecule has 1 saturated carbocycles. The lowest BCUT2D eigenvalue weighted by Crippen LogP contribution is -2.17. The molecule has 0 bridgehead atoms. The summed E-state index contributed by atoms with van der Waals surface area (Å²) in [6.07, 6.45) is 4.37. The van der Waals surface area contributed by atoms with Crippen molar-refractivity contribution in [1.82, 2.24) is 0 Å². The van der Waals surface area contributed by atoms with Gasteiger partial charge in [0, 0.05) is 10.1 Å². The molecule has 0 N–H and O–H groups in total. The van der Waals surface area contributed by atoms with Crippen LogP contribution in [0.3, 0.4) is 0 Å². The first-order valence-corrected chi connectivity index (χ1v) is 8.73. The van der Waals surface area contributed by atoms with Crippen molar-refractivity contribution in [3.8, 4) is 0 Å². The van der Waals surface area contributed by atoms with Crippen molar-refractivity contribution < 1.29 is 4.21 Å². The average Bonchev–Trinajstić information content (AvgIpc) is 3.04. The molecule has 3 rings (SSSR count). The predicted octanol–water partition coefficient (Wildman–Crippen LogP) is 4.79. The molecule has 0 heterocycles. The second kappa shape index (κ2) is 5.80. The van der Waals surface area contributed by atoms with E-state index in [0.29, 0.717) is 0 Å². The fourth-order valence-corrected chi connectivity index (χ4v) is 5.38. The van der Waals surface area contributed by atoms with Crippen molar-refractivity contribution >= 4 is 15.4 Å². The van der Waals surface area contributed by atoms with Gasteiger partial charge in [0.1, 0.15) is 0 Å². The zero-order valence-corrected chi connectivity index (χ0v) is 12.3. The van der Waals surface area contributed by atoms with E-state index in [1.54, 1.807) is 0 Å². The Morgan fingerprint density at radius 3 is 2.00 bits per heavy atom. The molecular formula is C17H19NOS. The van der Waals surface area contributed by atoms with Crippen LogP contribution in [0.1, 0.15) is 25.7 Å². The Balaban J connectivity index is 2.13. The van der Waals surface area contributed by atoms with Crippen molar-refractivity contribution in [1.29, 1.82) is 0 Å². The second-order valence-corrected chi connectivity index (χ2v) is 7.67. The minimum atomic E-state index is -2.37. The second-order valence-electron chi connectivity index (χ2n) is 5.21. The van der Waals surface area contributed by atoms with Crippen LogP contribution in [0.15, 0.2) is 69.9 Å². The first-order chi connectivity index (χ1) is 9.79. The van der Waals surface area contributed by atoms with Gasteiger partial charge in [0.25, 0.3) is 0 Å². The molecule has 2 aromatic carbocycles. The highest BCUT2D eigenvalue weighted by atomic mass is 32.2. The lowest BCUT2D eigenvalue weighted by Gasteiger charge is -2.17. The molecule has 1 fully saturated rings. The minimum Gasteiger partial charge on any atom is -0.244 e. The summed E-state index contributed by atoms with van der Waals surface area (Å²) >= 11 is 0. The van der Waals surface area contributed by atoms with Crippen LogP contribution in [0.5, 0.6) is 0 Å². The standard InChI is InChI=1S/C17H19NOS/c19-20(17-13-7-8-14-17,16-11-5-2-6-12-16)18-15-9-3-1-4-10-15/h1-6,9-12,17H,7-8,13-14H2. The monoisotopic (exact) mass is 285 g/mol. The molecule has 0 radical (unpaired) electrons. The van der Waals surface area contributed by atoms with Gasteiger partial charge in [-0.15, -0.1) is 0 Å². The zero-order chi connectivity index (χ0) is 13.8. The van der Waals surface area contributed by atoms with Gasteiger partial charge in [-0.3, -0.25) is 0 Å². The van der Waals surface area contributed by atoms with Gasteiger partial charge in [-0.05, 0) is 37.1 Å². The average molecular weight is 285 g/mol. The minimum absolute atomic E-state index is 0.185. The highest BCUT2D eigenvalue weighted by molar-refractivity contribution is 7.94. The van der Waals surface area contributed by atoms with Crippen LogP contribution in [0.4, 0.5) is 5.69 Å². The van der Waals surface area contributed by atoms with E-state index in [1.165, 1.54) is 12.8 Å². The fraction of sp³-hybridized carbons (Fsp3) is 0.294. The Morgan fingerprint density at radius 1 is 0.850 bits per heavy atom. The Morgan fingerprint density at radius 2 is 1.40 bits per heavy atom. The van der Waals surface area contributed by atoms with Crippen LogP contribution in [0.25, 0.3) is 0 Å². The molecule has 2 aromatic rings. The van der Waals surface area contributed by atoms with Gasteiger partial charge in [0.05, 0.1) is 15.4 Å². The zero-order valence-electron chi connectivity index (χ0n) is 11.4. The molecule has 0 saturated heterocycles. The number of rotatable bonds is 3. The van der Waals surface area contributed by atoms with Crippen molar-refractivity contribution in [2.24, 2.45) is 4.36 Å². The molecular weight excluding hydrogens is 266 g/mol. The lowest BCUT2D eigenvalue weighted by molar-refractivity contribution is 0.661. The van der Waals surface area contributed by atoms with Crippen LogP contribution < -0.4 is 0 Å². The van der Waals surface area contributed by atoms with Gasteiger partial charge in [-0.25, -0.2) is 4.21 Å². The van der Waals surface area contributed by atoms with E-state index in [2.05, 4.69) is 4.36 Å². The molecule has 20 heavy (non-hydrogen) atoms. The van der Waals surface area contributed by atoms with Crippen molar-refractivity contribution in [2.75, 3.05) is 0 Å². The van der Waals surface area contributed by atoms with Crippen LogP contribution in [0.2, 0.25) is 0 Å². The van der Waals surface area contributed by atoms with Gasteiger partial charge in [0.2, 0.25) is 0 Å². The number of hydrogen-bond donors (Lipinski definition) is 0. The van der Waals surface area contributed by atoms with Crippen LogP contribution >= 0.6 is 0 Å². The third-order valence-corrected chi connectivity index (χ3v) is 6.64. The van der Waals surface area contributed by atoms with E-state index in [-0.39, 0.29) is 5.25 Å². The van der Waals surface area contributed by atoms with Gasteiger partial charge in [0.15, 0.2) is 0 Å². The third kappa shape index (κ3) is 2.63. The number of nitrogens with zero attached hydrogens (tertiary/aromatic N) is 1. The molecule has 0 spiro atoms. The van der Waals surface area contributed by atoms with Crippen LogP contribution in [-0.4, -0.2) is 9.46 Å². The van der Waals surface area contributed by atoms with E-state index in [4.69, 9.17) is 0 Å². The normalized spacial score (nSPS) is 18.6. The van der Waals surface area contributed by atoms with Crippen molar-refractivity contribution in [3.63, 3.8) is 0 Å². The SMILES string of the molecule is O=S(=Nc1ccccc1)(c1ccccc1)C1CCCC1. The summed E-state index contributed by atoms with van der Waals surface area (Å²) in [7, 11) is -2.37. The van der Waals surface area contributed by atoms with Crippen LogP contribution in [0, 0.1) is 0 Å². The summed E-state index contributed by atoms with van der Waals surface area (Å²) in [5.74, 6) is 0. The molecule has 1 aliphatic rings. The first-order valence-electron chi connectivity index (χ1n) is 7.15. The van der Waals surface area contributed by atoms with Gasteiger partial charge in [-0.2, -0.15) is 4.36 Å². The fourth-order valence-electron chi connectivity index (χ4n) is 2.79. The Hall–Kier alpha value is -1.61. The number of hydrogen-bond acceptors (Lipinski definition) is 2. The summed E-state index contributed by atoms with van der Waals surface area (Å²) in [6.45, 7) is 0. The summed E-state index contributed by atoms with van der Waals surface area (Å²) < 4.78 is 18.3. The smallest absolute Gasteiger partial charge is 0.0829 e. The Kier molecular flexibility index (Phi) is 3.88. The van der Waals surface area contributed by atoms with E-state index < -0.39 is 9.73 Å². The van der Waals surface area contributed by atoms with E-state index in [9.17, 15) is 4.21 Å².